The molecule has 0 amide bonds. The lowest BCUT2D eigenvalue weighted by Crippen LogP contribution is -2.45. The topological polar surface area (TPSA) is 84.2 Å². The van der Waals surface area contributed by atoms with E-state index in [0.29, 0.717) is 25.3 Å². The van der Waals surface area contributed by atoms with Crippen LogP contribution in [-0.4, -0.2) is 35.2 Å². The maximum atomic E-state index is 12.1. The number of aliphatic hydroxyl groups is 1. The van der Waals surface area contributed by atoms with Crippen molar-refractivity contribution in [1.29, 1.82) is 0 Å². The van der Waals surface area contributed by atoms with Crippen LogP contribution in [0, 0.1) is 5.92 Å². The predicted molar refractivity (Wildman–Crippen MR) is 75.7 cm³/mol. The summed E-state index contributed by atoms with van der Waals surface area (Å²) in [6.07, 6.45) is 6.30. The molecule has 1 saturated carbocycles. The molecule has 6 nitrogen and oxygen atoms in total. The predicted octanol–water partition coefficient (Wildman–Crippen LogP) is 1.12. The van der Waals surface area contributed by atoms with E-state index in [1.807, 2.05) is 6.92 Å². The Balaban J connectivity index is 2.01. The first-order chi connectivity index (χ1) is 9.35. The maximum absolute atomic E-state index is 12.1. The number of imidazole rings is 1. The first kappa shape index (κ1) is 15.5. The van der Waals surface area contributed by atoms with Gasteiger partial charge in [0.25, 0.3) is 10.0 Å². The Morgan fingerprint density at radius 1 is 1.60 bits per heavy atom. The van der Waals surface area contributed by atoms with Gasteiger partial charge in [-0.1, -0.05) is 19.8 Å². The molecule has 1 aromatic heterocycles. The standard InChI is InChI=1S/C13H23N3O3S/c1-3-16-8-12(14-10-16)20(18,19)15-9-13(17)6-4-5-11(2)7-13/h8,10-11,15,17H,3-7,9H2,1-2H3. The number of hydrogen-bond donors (Lipinski definition) is 2. The highest BCUT2D eigenvalue weighted by Crippen LogP contribution is 2.31. The van der Waals surface area contributed by atoms with Crippen LogP contribution < -0.4 is 4.72 Å². The van der Waals surface area contributed by atoms with Crippen LogP contribution in [0.3, 0.4) is 0 Å². The molecule has 1 fully saturated rings. The summed E-state index contributed by atoms with van der Waals surface area (Å²) in [5, 5.41) is 10.5. The fourth-order valence-electron chi connectivity index (χ4n) is 2.75. The molecule has 0 saturated heterocycles. The Hall–Kier alpha value is -0.920. The van der Waals surface area contributed by atoms with E-state index in [2.05, 4.69) is 16.6 Å². The lowest BCUT2D eigenvalue weighted by Gasteiger charge is -2.35. The van der Waals surface area contributed by atoms with Gasteiger partial charge in [0, 0.05) is 19.3 Å². The first-order valence-corrected chi connectivity index (χ1v) is 8.57. The molecule has 1 aliphatic rings. The minimum Gasteiger partial charge on any atom is -0.389 e. The van der Waals surface area contributed by atoms with Gasteiger partial charge in [0.05, 0.1) is 11.9 Å². The summed E-state index contributed by atoms with van der Waals surface area (Å²) in [6.45, 7) is 4.72. The summed E-state index contributed by atoms with van der Waals surface area (Å²) in [4.78, 5) is 3.89. The van der Waals surface area contributed by atoms with Gasteiger partial charge in [-0.05, 0) is 25.7 Å². The summed E-state index contributed by atoms with van der Waals surface area (Å²) in [6, 6.07) is 0. The third-order valence-electron chi connectivity index (χ3n) is 3.91. The van der Waals surface area contributed by atoms with Gasteiger partial charge in [-0.25, -0.2) is 18.1 Å². The zero-order valence-corrected chi connectivity index (χ0v) is 12.9. The molecule has 2 rings (SSSR count). The Labute approximate surface area is 120 Å². The van der Waals surface area contributed by atoms with Gasteiger partial charge in [0.2, 0.25) is 0 Å². The molecule has 2 atom stereocenters. The number of aryl methyl sites for hydroxylation is 1. The number of nitrogens with one attached hydrogen (secondary N) is 1. The van der Waals surface area contributed by atoms with E-state index < -0.39 is 15.6 Å². The van der Waals surface area contributed by atoms with Crippen molar-refractivity contribution in [3.63, 3.8) is 0 Å². The van der Waals surface area contributed by atoms with E-state index in [4.69, 9.17) is 0 Å². The smallest absolute Gasteiger partial charge is 0.259 e. The monoisotopic (exact) mass is 301 g/mol. The van der Waals surface area contributed by atoms with E-state index >= 15 is 0 Å². The number of sulfonamides is 1. The lowest BCUT2D eigenvalue weighted by molar-refractivity contribution is -0.00752. The Bertz CT molecular complexity index is 555. The second-order valence-electron chi connectivity index (χ2n) is 5.79. The lowest BCUT2D eigenvalue weighted by atomic mass is 9.79. The van der Waals surface area contributed by atoms with Gasteiger partial charge in [-0.15, -0.1) is 0 Å². The Morgan fingerprint density at radius 3 is 2.95 bits per heavy atom. The van der Waals surface area contributed by atoms with Crippen molar-refractivity contribution >= 4 is 10.0 Å². The maximum Gasteiger partial charge on any atom is 0.259 e. The van der Waals surface area contributed by atoms with Crippen molar-refractivity contribution in [3.05, 3.63) is 12.5 Å². The van der Waals surface area contributed by atoms with Crippen molar-refractivity contribution in [1.82, 2.24) is 14.3 Å². The van der Waals surface area contributed by atoms with Gasteiger partial charge >= 0.3 is 0 Å². The van der Waals surface area contributed by atoms with Crippen molar-refractivity contribution < 1.29 is 13.5 Å². The van der Waals surface area contributed by atoms with Crippen molar-refractivity contribution in [2.24, 2.45) is 5.92 Å². The summed E-state index contributed by atoms with van der Waals surface area (Å²) < 4.78 is 28.4. The van der Waals surface area contributed by atoms with E-state index in [9.17, 15) is 13.5 Å². The third kappa shape index (κ3) is 3.59. The molecule has 0 radical (unpaired) electrons. The van der Waals surface area contributed by atoms with Crippen LogP contribution in [0.25, 0.3) is 0 Å². The van der Waals surface area contributed by atoms with Crippen molar-refractivity contribution in [3.8, 4) is 0 Å². The molecule has 0 aromatic carbocycles. The fourth-order valence-corrected chi connectivity index (χ4v) is 3.81. The van der Waals surface area contributed by atoms with Crippen molar-refractivity contribution in [2.45, 2.75) is 56.7 Å². The van der Waals surface area contributed by atoms with Crippen LogP contribution in [0.15, 0.2) is 17.6 Å². The molecule has 2 unspecified atom stereocenters. The number of aromatic nitrogens is 2. The highest BCUT2D eigenvalue weighted by Gasteiger charge is 2.34. The van der Waals surface area contributed by atoms with Crippen LogP contribution in [0.5, 0.6) is 0 Å². The highest BCUT2D eigenvalue weighted by molar-refractivity contribution is 7.89. The van der Waals surface area contributed by atoms with Gasteiger partial charge < -0.3 is 9.67 Å². The minimum atomic E-state index is -3.65. The second-order valence-corrected chi connectivity index (χ2v) is 7.51. The first-order valence-electron chi connectivity index (χ1n) is 7.08. The fraction of sp³-hybridized carbons (Fsp3) is 0.769. The van der Waals surface area contributed by atoms with Crippen LogP contribution in [0.4, 0.5) is 0 Å². The van der Waals surface area contributed by atoms with Gasteiger partial charge in [0.15, 0.2) is 5.03 Å². The third-order valence-corrected chi connectivity index (χ3v) is 5.19. The largest absolute Gasteiger partial charge is 0.389 e. The molecule has 0 spiro atoms. The van der Waals surface area contributed by atoms with E-state index in [-0.39, 0.29) is 11.6 Å². The molecule has 20 heavy (non-hydrogen) atoms. The Morgan fingerprint density at radius 2 is 2.35 bits per heavy atom. The van der Waals surface area contributed by atoms with E-state index in [1.165, 1.54) is 12.5 Å². The average molecular weight is 301 g/mol. The molecule has 2 N–H and O–H groups in total. The molecule has 114 valence electrons. The van der Waals surface area contributed by atoms with Crippen LogP contribution in [0.2, 0.25) is 0 Å². The summed E-state index contributed by atoms with van der Waals surface area (Å²) in [7, 11) is -3.65. The SMILES string of the molecule is CCn1cnc(S(=O)(=O)NCC2(O)CCCC(C)C2)c1. The summed E-state index contributed by atoms with van der Waals surface area (Å²) in [5.74, 6) is 0.428. The Kier molecular flexibility index (Phi) is 4.51. The zero-order valence-electron chi connectivity index (χ0n) is 12.0. The van der Waals surface area contributed by atoms with Gasteiger partial charge in [-0.2, -0.15) is 0 Å². The molecule has 1 heterocycles. The highest BCUT2D eigenvalue weighted by atomic mass is 32.2. The average Bonchev–Trinajstić information content (AvgIpc) is 2.86. The van der Waals surface area contributed by atoms with E-state index in [1.54, 1.807) is 4.57 Å². The van der Waals surface area contributed by atoms with Crippen LogP contribution in [0.1, 0.15) is 39.5 Å². The summed E-state index contributed by atoms with van der Waals surface area (Å²) in [5.41, 5.74) is -0.932. The summed E-state index contributed by atoms with van der Waals surface area (Å²) >= 11 is 0. The number of hydrogen-bond acceptors (Lipinski definition) is 4. The molecular weight excluding hydrogens is 278 g/mol. The van der Waals surface area contributed by atoms with Gasteiger partial charge in [-0.3, -0.25) is 0 Å². The quantitative estimate of drug-likeness (QED) is 0.853. The van der Waals surface area contributed by atoms with Crippen molar-refractivity contribution in [2.75, 3.05) is 6.54 Å². The molecular formula is C13H23N3O3S. The number of rotatable bonds is 5. The molecule has 1 aliphatic carbocycles. The second kappa shape index (κ2) is 5.83. The molecule has 0 bridgehead atoms. The normalized spacial score (nSPS) is 27.6. The van der Waals surface area contributed by atoms with Gasteiger partial charge in [0.1, 0.15) is 0 Å². The molecule has 0 aliphatic heterocycles. The van der Waals surface area contributed by atoms with Crippen LogP contribution >= 0.6 is 0 Å². The molecule has 1 aromatic rings. The zero-order chi connectivity index (χ0) is 14.8. The molecule has 7 heteroatoms. The minimum absolute atomic E-state index is 0.00630. The van der Waals surface area contributed by atoms with E-state index in [0.717, 1.165) is 12.8 Å². The van der Waals surface area contributed by atoms with Crippen LogP contribution in [-0.2, 0) is 16.6 Å². The number of nitrogens with zero attached hydrogens (tertiary/aromatic N) is 2.